The number of carbonyl (C=O) groups excluding carboxylic acids is 1. The van der Waals surface area contributed by atoms with Crippen molar-refractivity contribution in [1.29, 1.82) is 0 Å². The Bertz CT molecular complexity index is 984. The quantitative estimate of drug-likeness (QED) is 0.699. The van der Waals surface area contributed by atoms with Crippen LogP contribution in [-0.4, -0.2) is 10.9 Å². The molecule has 0 bridgehead atoms. The van der Waals surface area contributed by atoms with Crippen LogP contribution in [0, 0.1) is 6.92 Å². The molecule has 0 fully saturated rings. The standard InChI is InChI=1S/C20H19N3OS/c1-12-7-8-14(21-13(2)24)9-18(12)23-20-15-5-3-4-6-17(15)22-19-11-25-10-16(19)20/h3-9H,10-11H2,1-2H3,(H,21,24)(H,22,23). The maximum atomic E-state index is 11.4. The summed E-state index contributed by atoms with van der Waals surface area (Å²) >= 11 is 1.89. The van der Waals surface area contributed by atoms with Crippen molar-refractivity contribution in [2.45, 2.75) is 25.4 Å². The highest BCUT2D eigenvalue weighted by atomic mass is 32.2. The van der Waals surface area contributed by atoms with Crippen LogP contribution in [0.4, 0.5) is 17.1 Å². The Morgan fingerprint density at radius 1 is 1.16 bits per heavy atom. The molecule has 3 aromatic rings. The van der Waals surface area contributed by atoms with Gasteiger partial charge in [0.1, 0.15) is 0 Å². The summed E-state index contributed by atoms with van der Waals surface area (Å²) in [5, 5.41) is 7.61. The van der Waals surface area contributed by atoms with Gasteiger partial charge in [0.05, 0.1) is 16.9 Å². The number of thioether (sulfide) groups is 1. The molecule has 2 N–H and O–H groups in total. The van der Waals surface area contributed by atoms with Crippen molar-refractivity contribution in [1.82, 2.24) is 4.98 Å². The zero-order valence-electron chi connectivity index (χ0n) is 14.2. The molecule has 0 atom stereocenters. The number of rotatable bonds is 3. The fourth-order valence-corrected chi connectivity index (χ4v) is 4.19. The zero-order valence-corrected chi connectivity index (χ0v) is 15.0. The lowest BCUT2D eigenvalue weighted by molar-refractivity contribution is -0.114. The third-order valence-corrected chi connectivity index (χ3v) is 5.35. The molecule has 0 spiro atoms. The molecule has 1 aliphatic rings. The molecule has 0 radical (unpaired) electrons. The van der Waals surface area contributed by atoms with Crippen molar-refractivity contribution in [2.75, 3.05) is 10.6 Å². The summed E-state index contributed by atoms with van der Waals surface area (Å²) in [6.45, 7) is 3.59. The molecule has 4 rings (SSSR count). The Morgan fingerprint density at radius 3 is 2.84 bits per heavy atom. The Balaban J connectivity index is 1.82. The Kier molecular flexibility index (Phi) is 4.09. The first-order chi connectivity index (χ1) is 12.1. The van der Waals surface area contributed by atoms with Crippen molar-refractivity contribution < 1.29 is 4.79 Å². The number of aromatic nitrogens is 1. The molecule has 0 aliphatic carbocycles. The van der Waals surface area contributed by atoms with Crippen LogP contribution in [0.1, 0.15) is 23.7 Å². The van der Waals surface area contributed by atoms with E-state index in [0.29, 0.717) is 0 Å². The maximum Gasteiger partial charge on any atom is 0.221 e. The number of carbonyl (C=O) groups is 1. The highest BCUT2D eigenvalue weighted by Crippen LogP contribution is 2.40. The van der Waals surface area contributed by atoms with Crippen LogP contribution in [0.2, 0.25) is 0 Å². The predicted molar refractivity (Wildman–Crippen MR) is 106 cm³/mol. The lowest BCUT2D eigenvalue weighted by Gasteiger charge is -2.17. The average molecular weight is 349 g/mol. The summed E-state index contributed by atoms with van der Waals surface area (Å²) in [6.07, 6.45) is 0. The molecule has 126 valence electrons. The van der Waals surface area contributed by atoms with Gasteiger partial charge in [0.25, 0.3) is 0 Å². The van der Waals surface area contributed by atoms with E-state index in [1.54, 1.807) is 0 Å². The van der Waals surface area contributed by atoms with Gasteiger partial charge in [-0.2, -0.15) is 11.8 Å². The second-order valence-electron chi connectivity index (χ2n) is 6.26. The van der Waals surface area contributed by atoms with Gasteiger partial charge in [-0.05, 0) is 30.7 Å². The summed E-state index contributed by atoms with van der Waals surface area (Å²) < 4.78 is 0. The Morgan fingerprint density at radius 2 is 2.00 bits per heavy atom. The molecular formula is C20H19N3OS. The van der Waals surface area contributed by atoms with Crippen LogP contribution in [0.5, 0.6) is 0 Å². The monoisotopic (exact) mass is 349 g/mol. The molecule has 0 saturated heterocycles. The summed E-state index contributed by atoms with van der Waals surface area (Å²) in [5.74, 6) is 1.86. The number of nitrogens with zero attached hydrogens (tertiary/aromatic N) is 1. The lowest BCUT2D eigenvalue weighted by atomic mass is 10.1. The lowest BCUT2D eigenvalue weighted by Crippen LogP contribution is -2.07. The minimum atomic E-state index is -0.0681. The van der Waals surface area contributed by atoms with E-state index in [2.05, 4.69) is 29.7 Å². The molecule has 1 aromatic heterocycles. The van der Waals surface area contributed by atoms with E-state index >= 15 is 0 Å². The fraction of sp³-hybridized carbons (Fsp3) is 0.200. The van der Waals surface area contributed by atoms with E-state index in [1.165, 1.54) is 18.2 Å². The summed E-state index contributed by atoms with van der Waals surface area (Å²) in [7, 11) is 0. The van der Waals surface area contributed by atoms with E-state index in [9.17, 15) is 4.79 Å². The van der Waals surface area contributed by atoms with Crippen LogP contribution in [-0.2, 0) is 16.3 Å². The Hall–Kier alpha value is -2.53. The van der Waals surface area contributed by atoms with Gasteiger partial charge in [0.2, 0.25) is 5.91 Å². The number of hydrogen-bond donors (Lipinski definition) is 2. The molecule has 4 nitrogen and oxygen atoms in total. The van der Waals surface area contributed by atoms with E-state index in [1.807, 2.05) is 42.1 Å². The number of benzene rings is 2. The second kappa shape index (κ2) is 6.41. The molecule has 1 aliphatic heterocycles. The first-order valence-corrected chi connectivity index (χ1v) is 9.41. The second-order valence-corrected chi connectivity index (χ2v) is 7.24. The number of aryl methyl sites for hydroxylation is 1. The molecule has 25 heavy (non-hydrogen) atoms. The van der Waals surface area contributed by atoms with Crippen LogP contribution in [0.25, 0.3) is 10.9 Å². The zero-order chi connectivity index (χ0) is 17.4. The van der Waals surface area contributed by atoms with Gasteiger partial charge in [-0.25, -0.2) is 0 Å². The van der Waals surface area contributed by atoms with Gasteiger partial charge in [-0.1, -0.05) is 24.3 Å². The van der Waals surface area contributed by atoms with Gasteiger partial charge < -0.3 is 10.6 Å². The summed E-state index contributed by atoms with van der Waals surface area (Å²) in [6, 6.07) is 14.2. The van der Waals surface area contributed by atoms with Gasteiger partial charge in [-0.15, -0.1) is 0 Å². The minimum absolute atomic E-state index is 0.0681. The fourth-order valence-electron chi connectivity index (χ4n) is 3.14. The van der Waals surface area contributed by atoms with Gasteiger partial charge in [0, 0.05) is 40.8 Å². The first-order valence-electron chi connectivity index (χ1n) is 8.25. The van der Waals surface area contributed by atoms with Crippen LogP contribution < -0.4 is 10.6 Å². The summed E-state index contributed by atoms with van der Waals surface area (Å²) in [4.78, 5) is 16.2. The largest absolute Gasteiger partial charge is 0.354 e. The molecular weight excluding hydrogens is 330 g/mol. The van der Waals surface area contributed by atoms with Crippen LogP contribution >= 0.6 is 11.8 Å². The predicted octanol–water partition coefficient (Wildman–Crippen LogP) is 4.99. The first kappa shape index (κ1) is 16.0. The van der Waals surface area contributed by atoms with Gasteiger partial charge in [-0.3, -0.25) is 9.78 Å². The number of amides is 1. The topological polar surface area (TPSA) is 54.0 Å². The van der Waals surface area contributed by atoms with E-state index < -0.39 is 0 Å². The number of hydrogen-bond acceptors (Lipinski definition) is 4. The number of nitrogens with one attached hydrogen (secondary N) is 2. The SMILES string of the molecule is CC(=O)Nc1ccc(C)c(Nc2c3c(nc4ccccc24)CSC3)c1. The average Bonchev–Trinajstić information content (AvgIpc) is 3.05. The molecule has 0 saturated carbocycles. The van der Waals surface area contributed by atoms with Crippen molar-refractivity contribution in [3.63, 3.8) is 0 Å². The number of pyridine rings is 1. The van der Waals surface area contributed by atoms with Crippen LogP contribution in [0.15, 0.2) is 42.5 Å². The highest BCUT2D eigenvalue weighted by Gasteiger charge is 2.20. The van der Waals surface area contributed by atoms with Crippen molar-refractivity contribution in [2.24, 2.45) is 0 Å². The van der Waals surface area contributed by atoms with Crippen molar-refractivity contribution >= 4 is 45.6 Å². The Labute approximate surface area is 151 Å². The van der Waals surface area contributed by atoms with E-state index in [0.717, 1.165) is 45.0 Å². The maximum absolute atomic E-state index is 11.4. The molecule has 1 amide bonds. The molecule has 5 heteroatoms. The number of anilines is 3. The van der Waals surface area contributed by atoms with Crippen LogP contribution in [0.3, 0.4) is 0 Å². The smallest absolute Gasteiger partial charge is 0.221 e. The molecule has 2 heterocycles. The number of fused-ring (bicyclic) bond motifs is 2. The normalized spacial score (nSPS) is 12.9. The summed E-state index contributed by atoms with van der Waals surface area (Å²) in [5.41, 5.74) is 7.53. The third kappa shape index (κ3) is 3.07. The molecule has 0 unspecified atom stereocenters. The number of para-hydroxylation sites is 1. The van der Waals surface area contributed by atoms with Crippen molar-refractivity contribution in [3.8, 4) is 0 Å². The van der Waals surface area contributed by atoms with E-state index in [-0.39, 0.29) is 5.91 Å². The highest BCUT2D eigenvalue weighted by molar-refractivity contribution is 7.98. The minimum Gasteiger partial charge on any atom is -0.354 e. The van der Waals surface area contributed by atoms with Gasteiger partial charge >= 0.3 is 0 Å². The van der Waals surface area contributed by atoms with Crippen molar-refractivity contribution in [3.05, 3.63) is 59.3 Å². The van der Waals surface area contributed by atoms with Gasteiger partial charge in [0.15, 0.2) is 0 Å². The molecule has 2 aromatic carbocycles. The van der Waals surface area contributed by atoms with E-state index in [4.69, 9.17) is 4.98 Å². The third-order valence-electron chi connectivity index (χ3n) is 4.38.